The van der Waals surface area contributed by atoms with Gasteiger partial charge < -0.3 is 0 Å². The van der Waals surface area contributed by atoms with E-state index in [1.54, 1.807) is 0 Å². The molecule has 1 aliphatic rings. The maximum absolute atomic E-state index is 13.0. The van der Waals surface area contributed by atoms with Crippen LogP contribution in [0.1, 0.15) is 37.7 Å². The highest BCUT2D eigenvalue weighted by molar-refractivity contribution is 6.04. The maximum Gasteiger partial charge on any atom is 0.279 e. The van der Waals surface area contributed by atoms with Crippen LogP contribution in [0.4, 0.5) is 4.39 Å². The number of carbonyl (C=O) groups excluding carboxylic acids is 2. The molecule has 2 rings (SSSR count). The van der Waals surface area contributed by atoms with Gasteiger partial charge in [0.2, 0.25) is 11.9 Å². The highest BCUT2D eigenvalue weighted by atomic mass is 19.1. The van der Waals surface area contributed by atoms with Crippen LogP contribution in [0.5, 0.6) is 0 Å². The van der Waals surface area contributed by atoms with Crippen LogP contribution >= 0.6 is 0 Å². The molecule has 0 N–H and O–H groups in total. The third-order valence-electron chi connectivity index (χ3n) is 3.53. The number of pyridine rings is 1. The molecule has 19 heavy (non-hydrogen) atoms. The minimum absolute atomic E-state index is 0.0251. The smallest absolute Gasteiger partial charge is 0.277 e. The summed E-state index contributed by atoms with van der Waals surface area (Å²) in [4.78, 5) is 28.8. The number of amides is 2. The minimum Gasteiger partial charge on any atom is -0.277 e. The zero-order chi connectivity index (χ0) is 14.2. The van der Waals surface area contributed by atoms with E-state index in [0.717, 1.165) is 0 Å². The molecule has 5 heteroatoms. The fourth-order valence-electron chi connectivity index (χ4n) is 2.15. The Bertz CT molecular complexity index is 522. The van der Waals surface area contributed by atoms with Crippen LogP contribution in [0, 0.1) is 17.3 Å². The third kappa shape index (κ3) is 2.80. The van der Waals surface area contributed by atoms with Crippen LogP contribution in [-0.4, -0.2) is 28.2 Å². The van der Waals surface area contributed by atoms with Gasteiger partial charge in [-0.3, -0.25) is 14.5 Å². The first-order chi connectivity index (χ1) is 8.79. The molecule has 1 aliphatic heterocycles. The molecule has 102 valence electrons. The summed E-state index contributed by atoms with van der Waals surface area (Å²) in [6.07, 6.45) is 0.352. The lowest BCUT2D eigenvalue weighted by Crippen LogP contribution is -2.34. The van der Waals surface area contributed by atoms with Gasteiger partial charge in [-0.05, 0) is 23.5 Å². The van der Waals surface area contributed by atoms with E-state index in [-0.39, 0.29) is 22.9 Å². The van der Waals surface area contributed by atoms with E-state index in [0.29, 0.717) is 13.0 Å². The Kier molecular flexibility index (Phi) is 3.39. The molecule has 1 aromatic heterocycles. The van der Waals surface area contributed by atoms with Crippen molar-refractivity contribution < 1.29 is 14.0 Å². The number of imide groups is 1. The molecule has 1 saturated heterocycles. The normalized spacial score (nSPS) is 19.9. The second kappa shape index (κ2) is 4.72. The summed E-state index contributed by atoms with van der Waals surface area (Å²) in [6, 6.07) is 4.00. The van der Waals surface area contributed by atoms with E-state index in [4.69, 9.17) is 0 Å². The molecule has 1 unspecified atom stereocenters. The standard InChI is InChI=1S/C14H17FN2O2/c1-14(2,3)9-7-12(18)17(8-9)13(19)10-5-4-6-11(15)16-10/h4-6,9H,7-8H2,1-3H3. The van der Waals surface area contributed by atoms with Crippen molar-refractivity contribution in [3.63, 3.8) is 0 Å². The molecule has 1 fully saturated rings. The number of hydrogen-bond donors (Lipinski definition) is 0. The number of aromatic nitrogens is 1. The largest absolute Gasteiger partial charge is 0.279 e. The Labute approximate surface area is 111 Å². The van der Waals surface area contributed by atoms with Gasteiger partial charge in [-0.25, -0.2) is 4.98 Å². The SMILES string of the molecule is CC(C)(C)C1CC(=O)N(C(=O)c2cccc(F)n2)C1. The first-order valence-corrected chi connectivity index (χ1v) is 6.26. The fraction of sp³-hybridized carbons (Fsp3) is 0.500. The summed E-state index contributed by atoms with van der Waals surface area (Å²) in [6.45, 7) is 6.50. The van der Waals surface area contributed by atoms with E-state index in [9.17, 15) is 14.0 Å². The van der Waals surface area contributed by atoms with E-state index in [1.807, 2.05) is 20.8 Å². The van der Waals surface area contributed by atoms with Crippen molar-refractivity contribution in [1.29, 1.82) is 0 Å². The zero-order valence-electron chi connectivity index (χ0n) is 11.3. The van der Waals surface area contributed by atoms with Crippen LogP contribution in [0.15, 0.2) is 18.2 Å². The molecule has 0 radical (unpaired) electrons. The average Bonchev–Trinajstić information content (AvgIpc) is 2.70. The van der Waals surface area contributed by atoms with Crippen molar-refractivity contribution in [2.75, 3.05) is 6.54 Å². The van der Waals surface area contributed by atoms with Crippen molar-refractivity contribution in [2.45, 2.75) is 27.2 Å². The highest BCUT2D eigenvalue weighted by Gasteiger charge is 2.40. The molecule has 2 heterocycles. The number of likely N-dealkylation sites (tertiary alicyclic amines) is 1. The Morgan fingerprint density at radius 2 is 2.11 bits per heavy atom. The Morgan fingerprint density at radius 3 is 2.63 bits per heavy atom. The molecule has 0 bridgehead atoms. The summed E-state index contributed by atoms with van der Waals surface area (Å²) in [5.41, 5.74) is -0.0667. The summed E-state index contributed by atoms with van der Waals surface area (Å²) in [7, 11) is 0. The van der Waals surface area contributed by atoms with Gasteiger partial charge in [0.05, 0.1) is 0 Å². The van der Waals surface area contributed by atoms with Gasteiger partial charge in [0.25, 0.3) is 5.91 Å². The van der Waals surface area contributed by atoms with Gasteiger partial charge >= 0.3 is 0 Å². The van der Waals surface area contributed by atoms with E-state index in [2.05, 4.69) is 4.98 Å². The number of carbonyl (C=O) groups is 2. The molecular formula is C14H17FN2O2. The molecule has 1 atom stereocenters. The van der Waals surface area contributed by atoms with Crippen LogP contribution in [0.3, 0.4) is 0 Å². The monoisotopic (exact) mass is 264 g/mol. The third-order valence-corrected chi connectivity index (χ3v) is 3.53. The van der Waals surface area contributed by atoms with Gasteiger partial charge in [0.15, 0.2) is 0 Å². The van der Waals surface area contributed by atoms with Crippen LogP contribution < -0.4 is 0 Å². The molecule has 0 spiro atoms. The lowest BCUT2D eigenvalue weighted by Gasteiger charge is -2.25. The topological polar surface area (TPSA) is 50.3 Å². The summed E-state index contributed by atoms with van der Waals surface area (Å²) < 4.78 is 13.0. The van der Waals surface area contributed by atoms with Crippen molar-refractivity contribution in [3.8, 4) is 0 Å². The molecule has 0 saturated carbocycles. The summed E-state index contributed by atoms with van der Waals surface area (Å²) in [5.74, 6) is -1.32. The second-order valence-electron chi connectivity index (χ2n) is 5.92. The van der Waals surface area contributed by atoms with Gasteiger partial charge in [-0.15, -0.1) is 0 Å². The van der Waals surface area contributed by atoms with Crippen LogP contribution in [-0.2, 0) is 4.79 Å². The lowest BCUT2D eigenvalue weighted by molar-refractivity contribution is -0.125. The molecule has 4 nitrogen and oxygen atoms in total. The second-order valence-corrected chi connectivity index (χ2v) is 5.92. The number of rotatable bonds is 1. The van der Waals surface area contributed by atoms with E-state index in [1.165, 1.54) is 23.1 Å². The Balaban J connectivity index is 2.19. The van der Waals surface area contributed by atoms with E-state index >= 15 is 0 Å². The minimum atomic E-state index is -0.718. The Morgan fingerprint density at radius 1 is 1.42 bits per heavy atom. The Hall–Kier alpha value is -1.78. The summed E-state index contributed by atoms with van der Waals surface area (Å²) in [5, 5.41) is 0. The lowest BCUT2D eigenvalue weighted by atomic mass is 9.80. The molecule has 0 aliphatic carbocycles. The first-order valence-electron chi connectivity index (χ1n) is 6.26. The highest BCUT2D eigenvalue weighted by Crippen LogP contribution is 2.34. The molecular weight excluding hydrogens is 247 g/mol. The van der Waals surface area contributed by atoms with Gasteiger partial charge in [0, 0.05) is 13.0 Å². The first kappa shape index (κ1) is 13.6. The van der Waals surface area contributed by atoms with Gasteiger partial charge in [0.1, 0.15) is 5.69 Å². The maximum atomic E-state index is 13.0. The van der Waals surface area contributed by atoms with Crippen molar-refractivity contribution in [3.05, 3.63) is 29.8 Å². The van der Waals surface area contributed by atoms with Gasteiger partial charge in [-0.2, -0.15) is 4.39 Å². The quantitative estimate of drug-likeness (QED) is 0.577. The predicted molar refractivity (Wildman–Crippen MR) is 67.8 cm³/mol. The van der Waals surface area contributed by atoms with Crippen LogP contribution in [0.25, 0.3) is 0 Å². The number of halogens is 1. The number of nitrogens with zero attached hydrogens (tertiary/aromatic N) is 2. The molecule has 0 aromatic carbocycles. The fourth-order valence-corrected chi connectivity index (χ4v) is 2.15. The predicted octanol–water partition coefficient (Wildman–Crippen LogP) is 2.26. The average molecular weight is 264 g/mol. The number of hydrogen-bond acceptors (Lipinski definition) is 3. The zero-order valence-corrected chi connectivity index (χ0v) is 11.3. The van der Waals surface area contributed by atoms with Crippen molar-refractivity contribution in [1.82, 2.24) is 9.88 Å². The van der Waals surface area contributed by atoms with Crippen LogP contribution in [0.2, 0.25) is 0 Å². The summed E-state index contributed by atoms with van der Waals surface area (Å²) >= 11 is 0. The van der Waals surface area contributed by atoms with E-state index < -0.39 is 11.9 Å². The van der Waals surface area contributed by atoms with Crippen molar-refractivity contribution >= 4 is 11.8 Å². The molecule has 1 aromatic rings. The van der Waals surface area contributed by atoms with Gasteiger partial charge in [-0.1, -0.05) is 26.8 Å². The van der Waals surface area contributed by atoms with Crippen molar-refractivity contribution in [2.24, 2.45) is 11.3 Å². The molecule has 2 amide bonds.